The van der Waals surface area contributed by atoms with E-state index in [1.165, 1.54) is 0 Å². The Balaban J connectivity index is 2.39. The number of aryl methyl sites for hydroxylation is 1. The topological polar surface area (TPSA) is 55.9 Å². The van der Waals surface area contributed by atoms with Crippen molar-refractivity contribution in [3.05, 3.63) is 12.3 Å². The van der Waals surface area contributed by atoms with Gasteiger partial charge in [-0.1, -0.05) is 0 Å². The second-order valence-electron chi connectivity index (χ2n) is 2.60. The van der Waals surface area contributed by atoms with Crippen LogP contribution in [0.15, 0.2) is 12.3 Å². The molecule has 1 aromatic rings. The van der Waals surface area contributed by atoms with Gasteiger partial charge in [-0.15, -0.1) is 0 Å². The van der Waals surface area contributed by atoms with E-state index >= 15 is 0 Å². The first-order chi connectivity index (χ1) is 5.88. The number of hydrogen-bond acceptors (Lipinski definition) is 3. The summed E-state index contributed by atoms with van der Waals surface area (Å²) in [4.78, 5) is 0. The van der Waals surface area contributed by atoms with Crippen LogP contribution in [0.25, 0.3) is 0 Å². The lowest BCUT2D eigenvalue weighted by Crippen LogP contribution is -2.11. The molecule has 4 heteroatoms. The minimum atomic E-state index is 0.729. The van der Waals surface area contributed by atoms with E-state index in [0.29, 0.717) is 0 Å². The first-order valence-electron chi connectivity index (χ1n) is 4.34. The van der Waals surface area contributed by atoms with E-state index in [0.717, 1.165) is 31.9 Å². The van der Waals surface area contributed by atoms with Gasteiger partial charge in [-0.3, -0.25) is 4.68 Å². The van der Waals surface area contributed by atoms with Crippen LogP contribution in [0.5, 0.6) is 0 Å². The highest BCUT2D eigenvalue weighted by Crippen LogP contribution is 2.04. The second kappa shape index (κ2) is 4.77. The Hall–Kier alpha value is -1.03. The van der Waals surface area contributed by atoms with E-state index in [2.05, 4.69) is 17.3 Å². The summed E-state index contributed by atoms with van der Waals surface area (Å²) in [6.07, 6.45) is 2.79. The van der Waals surface area contributed by atoms with Crippen LogP contribution in [0.2, 0.25) is 0 Å². The number of anilines is 1. The molecule has 0 saturated heterocycles. The molecule has 1 aromatic heterocycles. The quantitative estimate of drug-likeness (QED) is 0.635. The zero-order chi connectivity index (χ0) is 8.81. The average molecular weight is 168 g/mol. The van der Waals surface area contributed by atoms with Crippen molar-refractivity contribution in [1.29, 1.82) is 0 Å². The Labute approximate surface area is 72.8 Å². The normalized spacial score (nSPS) is 10.2. The number of aromatic nitrogens is 2. The lowest BCUT2D eigenvalue weighted by Gasteiger charge is -2.06. The Morgan fingerprint density at radius 1 is 1.67 bits per heavy atom. The monoisotopic (exact) mass is 168 g/mol. The molecule has 0 amide bonds. The van der Waals surface area contributed by atoms with E-state index in [1.807, 2.05) is 10.7 Å². The third kappa shape index (κ3) is 2.23. The molecule has 0 aliphatic carbocycles. The molecule has 0 saturated carbocycles. The third-order valence-electron chi connectivity index (χ3n) is 1.70. The first kappa shape index (κ1) is 9.06. The van der Waals surface area contributed by atoms with E-state index in [9.17, 15) is 0 Å². The molecular formula is C8H16N4. The Morgan fingerprint density at radius 2 is 2.50 bits per heavy atom. The Morgan fingerprint density at radius 3 is 3.17 bits per heavy atom. The molecule has 1 rings (SSSR count). The van der Waals surface area contributed by atoms with Gasteiger partial charge >= 0.3 is 0 Å². The number of rotatable bonds is 5. The van der Waals surface area contributed by atoms with E-state index in [1.54, 1.807) is 6.20 Å². The maximum atomic E-state index is 5.38. The van der Waals surface area contributed by atoms with Crippen LogP contribution < -0.4 is 11.1 Å². The maximum absolute atomic E-state index is 5.38. The molecule has 0 bridgehead atoms. The van der Waals surface area contributed by atoms with Gasteiger partial charge in [0.15, 0.2) is 0 Å². The highest BCUT2D eigenvalue weighted by Gasteiger charge is 1.97. The molecule has 0 atom stereocenters. The van der Waals surface area contributed by atoms with Crippen LogP contribution in [0.3, 0.4) is 0 Å². The van der Waals surface area contributed by atoms with Gasteiger partial charge < -0.3 is 11.1 Å². The highest BCUT2D eigenvalue weighted by molar-refractivity contribution is 5.33. The number of nitrogens with two attached hydrogens (primary N) is 1. The van der Waals surface area contributed by atoms with Gasteiger partial charge in [0.2, 0.25) is 0 Å². The summed E-state index contributed by atoms with van der Waals surface area (Å²) in [6, 6.07) is 1.97. The summed E-state index contributed by atoms with van der Waals surface area (Å²) in [5.41, 5.74) is 5.38. The SMILES string of the molecule is CCn1nccc1NCCCN. The van der Waals surface area contributed by atoms with Crippen molar-refractivity contribution in [3.8, 4) is 0 Å². The van der Waals surface area contributed by atoms with Crippen molar-refractivity contribution in [3.63, 3.8) is 0 Å². The van der Waals surface area contributed by atoms with Crippen molar-refractivity contribution in [2.24, 2.45) is 5.73 Å². The number of nitrogens with zero attached hydrogens (tertiary/aromatic N) is 2. The Bertz CT molecular complexity index is 219. The highest BCUT2D eigenvalue weighted by atomic mass is 15.3. The minimum Gasteiger partial charge on any atom is -0.370 e. The molecule has 0 aromatic carbocycles. The van der Waals surface area contributed by atoms with Crippen molar-refractivity contribution in [1.82, 2.24) is 9.78 Å². The van der Waals surface area contributed by atoms with E-state index in [4.69, 9.17) is 5.73 Å². The van der Waals surface area contributed by atoms with Crippen molar-refractivity contribution in [2.45, 2.75) is 19.9 Å². The summed E-state index contributed by atoms with van der Waals surface area (Å²) in [6.45, 7) is 4.62. The molecule has 3 N–H and O–H groups in total. The van der Waals surface area contributed by atoms with Gasteiger partial charge in [0.1, 0.15) is 5.82 Å². The fraction of sp³-hybridized carbons (Fsp3) is 0.625. The summed E-state index contributed by atoms with van der Waals surface area (Å²) in [5, 5.41) is 7.40. The van der Waals surface area contributed by atoms with Crippen LogP contribution in [0, 0.1) is 0 Å². The van der Waals surface area contributed by atoms with Crippen molar-refractivity contribution >= 4 is 5.82 Å². The molecule has 0 aliphatic heterocycles. The van der Waals surface area contributed by atoms with Crippen molar-refractivity contribution < 1.29 is 0 Å². The van der Waals surface area contributed by atoms with Gasteiger partial charge in [-0.25, -0.2) is 0 Å². The first-order valence-corrected chi connectivity index (χ1v) is 4.34. The molecule has 0 fully saturated rings. The van der Waals surface area contributed by atoms with Crippen LogP contribution in [-0.2, 0) is 6.54 Å². The molecule has 1 heterocycles. The van der Waals surface area contributed by atoms with Gasteiger partial charge in [0.25, 0.3) is 0 Å². The zero-order valence-electron chi connectivity index (χ0n) is 7.45. The second-order valence-corrected chi connectivity index (χ2v) is 2.60. The Kier molecular flexibility index (Phi) is 3.60. The van der Waals surface area contributed by atoms with Gasteiger partial charge in [0, 0.05) is 19.2 Å². The van der Waals surface area contributed by atoms with Gasteiger partial charge in [-0.05, 0) is 19.9 Å². The standard InChI is InChI=1S/C8H16N4/c1-2-12-8(4-7-11-12)10-6-3-5-9/h4,7,10H,2-3,5-6,9H2,1H3. The smallest absolute Gasteiger partial charge is 0.124 e. The molecule has 0 radical (unpaired) electrons. The lowest BCUT2D eigenvalue weighted by molar-refractivity contribution is 0.662. The zero-order valence-corrected chi connectivity index (χ0v) is 7.45. The van der Waals surface area contributed by atoms with Crippen LogP contribution >= 0.6 is 0 Å². The molecule has 0 aliphatic rings. The molecule has 12 heavy (non-hydrogen) atoms. The van der Waals surface area contributed by atoms with E-state index < -0.39 is 0 Å². The predicted molar refractivity (Wildman–Crippen MR) is 50.1 cm³/mol. The maximum Gasteiger partial charge on any atom is 0.124 e. The lowest BCUT2D eigenvalue weighted by atomic mass is 10.4. The number of nitrogens with one attached hydrogen (secondary N) is 1. The summed E-state index contributed by atoms with van der Waals surface area (Å²) in [5.74, 6) is 1.07. The molecule has 4 nitrogen and oxygen atoms in total. The van der Waals surface area contributed by atoms with Gasteiger partial charge in [-0.2, -0.15) is 5.10 Å². The van der Waals surface area contributed by atoms with Crippen molar-refractivity contribution in [2.75, 3.05) is 18.4 Å². The summed E-state index contributed by atoms with van der Waals surface area (Å²) in [7, 11) is 0. The van der Waals surface area contributed by atoms with Crippen LogP contribution in [0.4, 0.5) is 5.82 Å². The third-order valence-corrected chi connectivity index (χ3v) is 1.70. The predicted octanol–water partition coefficient (Wildman–Crippen LogP) is 0.664. The fourth-order valence-electron chi connectivity index (χ4n) is 1.05. The molecule has 0 unspecified atom stereocenters. The van der Waals surface area contributed by atoms with Crippen LogP contribution in [0.1, 0.15) is 13.3 Å². The molecule has 68 valence electrons. The van der Waals surface area contributed by atoms with E-state index in [-0.39, 0.29) is 0 Å². The van der Waals surface area contributed by atoms with Crippen LogP contribution in [-0.4, -0.2) is 22.9 Å². The summed E-state index contributed by atoms with van der Waals surface area (Å²) < 4.78 is 1.93. The fourth-order valence-corrected chi connectivity index (χ4v) is 1.05. The average Bonchev–Trinajstić information content (AvgIpc) is 2.52. The number of hydrogen-bond donors (Lipinski definition) is 2. The molecule has 0 spiro atoms. The summed E-state index contributed by atoms with van der Waals surface area (Å²) >= 11 is 0. The van der Waals surface area contributed by atoms with Gasteiger partial charge in [0.05, 0.1) is 6.20 Å². The minimum absolute atomic E-state index is 0.729. The largest absolute Gasteiger partial charge is 0.370 e. The molecular weight excluding hydrogens is 152 g/mol.